The Morgan fingerprint density at radius 3 is 1.70 bits per heavy atom. The van der Waals surface area contributed by atoms with Crippen LogP contribution < -0.4 is 0 Å². The van der Waals surface area contributed by atoms with E-state index in [-0.39, 0.29) is 0 Å². The molecule has 0 saturated carbocycles. The van der Waals surface area contributed by atoms with E-state index in [4.69, 9.17) is 19.4 Å². The molecule has 234 valence electrons. The lowest BCUT2D eigenvalue weighted by atomic mass is 9.95. The van der Waals surface area contributed by atoms with Gasteiger partial charge >= 0.3 is 0 Å². The maximum Gasteiger partial charge on any atom is 0.167 e. The summed E-state index contributed by atoms with van der Waals surface area (Å²) < 4.78 is 9.23. The highest BCUT2D eigenvalue weighted by Crippen LogP contribution is 2.44. The quantitative estimate of drug-likeness (QED) is 0.185. The molecule has 7 aromatic carbocycles. The third-order valence-corrected chi connectivity index (χ3v) is 10.6. The van der Waals surface area contributed by atoms with Gasteiger partial charge in [-0.2, -0.15) is 0 Å². The van der Waals surface area contributed by atoms with Crippen LogP contribution in [0.15, 0.2) is 168 Å². The van der Waals surface area contributed by atoms with Crippen LogP contribution in [-0.2, 0) is 0 Å². The molecule has 10 aromatic rings. The summed E-state index contributed by atoms with van der Waals surface area (Å²) in [5.74, 6) is 1.82. The van der Waals surface area contributed by atoms with Crippen molar-refractivity contribution in [1.82, 2.24) is 15.0 Å². The van der Waals surface area contributed by atoms with E-state index < -0.39 is 0 Å². The Balaban J connectivity index is 1.16. The fourth-order valence-electron chi connectivity index (χ4n) is 6.91. The molecule has 0 radical (unpaired) electrons. The Kier molecular flexibility index (Phi) is 6.64. The van der Waals surface area contributed by atoms with Crippen molar-refractivity contribution in [3.63, 3.8) is 0 Å². The summed E-state index contributed by atoms with van der Waals surface area (Å²) in [5.41, 5.74) is 9.04. The molecule has 0 spiro atoms. The third kappa shape index (κ3) is 4.79. The molecular formula is C45H27N3OS. The average molecular weight is 658 g/mol. The van der Waals surface area contributed by atoms with E-state index >= 15 is 0 Å². The highest BCUT2D eigenvalue weighted by Gasteiger charge is 2.19. The number of hydrogen-bond acceptors (Lipinski definition) is 5. The summed E-state index contributed by atoms with van der Waals surface area (Å²) in [4.78, 5) is 14.9. The van der Waals surface area contributed by atoms with Gasteiger partial charge < -0.3 is 4.42 Å². The normalized spacial score (nSPS) is 11.6. The lowest BCUT2D eigenvalue weighted by Gasteiger charge is -2.09. The van der Waals surface area contributed by atoms with E-state index in [0.29, 0.717) is 17.5 Å². The lowest BCUT2D eigenvalue weighted by Crippen LogP contribution is -2.00. The molecule has 0 aliphatic heterocycles. The van der Waals surface area contributed by atoms with Crippen LogP contribution in [0.2, 0.25) is 0 Å². The molecule has 5 heteroatoms. The Labute approximate surface area is 292 Å². The molecule has 10 rings (SSSR count). The van der Waals surface area contributed by atoms with E-state index in [9.17, 15) is 0 Å². The summed E-state index contributed by atoms with van der Waals surface area (Å²) >= 11 is 1.86. The minimum atomic E-state index is 0.574. The van der Waals surface area contributed by atoms with Crippen molar-refractivity contribution in [2.45, 2.75) is 0 Å². The lowest BCUT2D eigenvalue weighted by molar-refractivity contribution is 0.669. The second kappa shape index (κ2) is 11.6. The molecule has 3 aromatic heterocycles. The molecule has 50 heavy (non-hydrogen) atoms. The van der Waals surface area contributed by atoms with Crippen LogP contribution in [0.25, 0.3) is 98.5 Å². The molecule has 0 saturated heterocycles. The zero-order valence-corrected chi connectivity index (χ0v) is 27.6. The number of hydrogen-bond donors (Lipinski definition) is 0. The van der Waals surface area contributed by atoms with Gasteiger partial charge in [0.2, 0.25) is 0 Å². The van der Waals surface area contributed by atoms with E-state index in [0.717, 1.165) is 44.2 Å². The van der Waals surface area contributed by atoms with Crippen molar-refractivity contribution in [3.8, 4) is 56.4 Å². The fourth-order valence-corrected chi connectivity index (χ4v) is 8.13. The van der Waals surface area contributed by atoms with Gasteiger partial charge in [-0.1, -0.05) is 127 Å². The second-order valence-electron chi connectivity index (χ2n) is 12.4. The van der Waals surface area contributed by atoms with Crippen LogP contribution in [0.3, 0.4) is 0 Å². The van der Waals surface area contributed by atoms with E-state index in [1.54, 1.807) is 0 Å². The first-order valence-corrected chi connectivity index (χ1v) is 17.4. The highest BCUT2D eigenvalue weighted by molar-refractivity contribution is 7.26. The zero-order valence-electron chi connectivity index (χ0n) is 26.7. The van der Waals surface area contributed by atoms with Crippen LogP contribution in [0.4, 0.5) is 0 Å². The Morgan fingerprint density at radius 2 is 0.980 bits per heavy atom. The molecule has 4 nitrogen and oxygen atoms in total. The van der Waals surface area contributed by atoms with Gasteiger partial charge in [0.25, 0.3) is 0 Å². The highest BCUT2D eigenvalue weighted by atomic mass is 32.1. The first kappa shape index (κ1) is 28.6. The fraction of sp³-hybridized carbons (Fsp3) is 0. The summed E-state index contributed by atoms with van der Waals surface area (Å²) in [5, 5.41) is 4.64. The third-order valence-electron chi connectivity index (χ3n) is 9.33. The first-order valence-electron chi connectivity index (χ1n) is 16.6. The van der Waals surface area contributed by atoms with Crippen LogP contribution in [-0.4, -0.2) is 15.0 Å². The van der Waals surface area contributed by atoms with Gasteiger partial charge in [0.1, 0.15) is 11.2 Å². The molecular weight excluding hydrogens is 631 g/mol. The van der Waals surface area contributed by atoms with Gasteiger partial charge in [-0.15, -0.1) is 11.3 Å². The monoisotopic (exact) mass is 657 g/mol. The van der Waals surface area contributed by atoms with Crippen molar-refractivity contribution in [3.05, 3.63) is 164 Å². The topological polar surface area (TPSA) is 51.8 Å². The number of fused-ring (bicyclic) bond motifs is 6. The number of nitrogens with zero attached hydrogens (tertiary/aromatic N) is 3. The summed E-state index contributed by atoms with van der Waals surface area (Å²) in [7, 11) is 0. The maximum absolute atomic E-state index is 6.63. The first-order chi connectivity index (χ1) is 24.8. The van der Waals surface area contributed by atoms with Crippen molar-refractivity contribution in [2.75, 3.05) is 0 Å². The maximum atomic E-state index is 6.63. The van der Waals surface area contributed by atoms with Crippen molar-refractivity contribution < 1.29 is 4.42 Å². The number of furan rings is 1. The molecule has 0 fully saturated rings. The van der Waals surface area contributed by atoms with Crippen LogP contribution in [0.5, 0.6) is 0 Å². The van der Waals surface area contributed by atoms with Crippen LogP contribution in [0.1, 0.15) is 0 Å². The van der Waals surface area contributed by atoms with Gasteiger partial charge in [-0.05, 0) is 53.1 Å². The molecule has 0 bridgehead atoms. The number of benzene rings is 7. The molecule has 0 atom stereocenters. The second-order valence-corrected chi connectivity index (χ2v) is 13.5. The van der Waals surface area contributed by atoms with Crippen molar-refractivity contribution >= 4 is 53.4 Å². The predicted molar refractivity (Wildman–Crippen MR) is 207 cm³/mol. The predicted octanol–water partition coefficient (Wildman–Crippen LogP) is 12.5. The minimum Gasteiger partial charge on any atom is -0.455 e. The largest absolute Gasteiger partial charge is 0.455 e. The molecule has 0 aliphatic carbocycles. The Hall–Kier alpha value is -6.43. The summed E-state index contributed by atoms with van der Waals surface area (Å²) in [6, 6.07) is 56.9. The van der Waals surface area contributed by atoms with Crippen molar-refractivity contribution in [2.24, 2.45) is 0 Å². The van der Waals surface area contributed by atoms with Crippen molar-refractivity contribution in [1.29, 1.82) is 0 Å². The Morgan fingerprint density at radius 1 is 0.380 bits per heavy atom. The minimum absolute atomic E-state index is 0.574. The smallest absolute Gasteiger partial charge is 0.167 e. The number of para-hydroxylation sites is 1. The standard InChI is InChI=1S/C45H27N3OS/c1-4-13-28(14-5-1)36-26-32(27-38-33-19-10-11-22-40(33)50-42(36)38)31-23-24-39-37(25-31)34-20-12-21-35(41(34)49-39)45-47-43(29-15-6-2-7-16-29)46-44(48-45)30-17-8-3-9-18-30/h1-27H. The van der Waals surface area contributed by atoms with Gasteiger partial charge in [0, 0.05) is 47.6 Å². The number of rotatable bonds is 5. The Bertz CT molecular complexity index is 2800. The van der Waals surface area contributed by atoms with Gasteiger partial charge in [0.15, 0.2) is 17.5 Å². The van der Waals surface area contributed by atoms with E-state index in [1.165, 1.54) is 36.9 Å². The van der Waals surface area contributed by atoms with E-state index in [2.05, 4.69) is 97.1 Å². The van der Waals surface area contributed by atoms with Gasteiger partial charge in [-0.3, -0.25) is 0 Å². The molecule has 0 aliphatic rings. The SMILES string of the molecule is c1ccc(-c2nc(-c3ccccc3)nc(-c3cccc4c3oc3ccc(-c5cc(-c6ccccc6)c6sc7ccccc7c6c5)cc34)n2)cc1. The molecule has 0 unspecified atom stereocenters. The van der Waals surface area contributed by atoms with Gasteiger partial charge in [-0.25, -0.2) is 15.0 Å². The summed E-state index contributed by atoms with van der Waals surface area (Å²) in [6.07, 6.45) is 0. The molecule has 3 heterocycles. The van der Waals surface area contributed by atoms with Gasteiger partial charge in [0.05, 0.1) is 5.56 Å². The zero-order chi connectivity index (χ0) is 33.0. The number of thiophene rings is 1. The van der Waals surface area contributed by atoms with Crippen LogP contribution in [0, 0.1) is 0 Å². The average Bonchev–Trinajstić information content (AvgIpc) is 3.76. The summed E-state index contributed by atoms with van der Waals surface area (Å²) in [6.45, 7) is 0. The van der Waals surface area contributed by atoms with E-state index in [1.807, 2.05) is 78.1 Å². The number of aromatic nitrogens is 3. The molecule has 0 N–H and O–H groups in total. The van der Waals surface area contributed by atoms with Crippen LogP contribution >= 0.6 is 11.3 Å². The molecule has 0 amide bonds.